The first-order valence-electron chi connectivity index (χ1n) is 36.9. The number of halogens is 18. The summed E-state index contributed by atoms with van der Waals surface area (Å²) in [5, 5.41) is -36.9. The van der Waals surface area contributed by atoms with E-state index in [1.54, 1.807) is 55.4 Å². The van der Waals surface area contributed by atoms with E-state index >= 15 is 0 Å². The number of ether oxygens (including phenoxy) is 12. The predicted octanol–water partition coefficient (Wildman–Crippen LogP) is 6.32. The summed E-state index contributed by atoms with van der Waals surface area (Å²) in [6.45, 7) is 14.9. The van der Waals surface area contributed by atoms with Gasteiger partial charge in [-0.3, -0.25) is 33.6 Å². The average Bonchev–Trinajstić information content (AvgIpc) is 0.776. The largest absolute Gasteiger partial charge is 0.743 e. The van der Waals surface area contributed by atoms with Crippen LogP contribution in [0.25, 0.3) is 0 Å². The molecule has 44 nitrogen and oxygen atoms in total. The maximum Gasteiger partial charge on any atom is 0.433 e. The molecule has 6 unspecified atom stereocenters. The van der Waals surface area contributed by atoms with Crippen molar-refractivity contribution in [3.63, 3.8) is 0 Å². The molecule has 133 heavy (non-hydrogen) atoms. The van der Waals surface area contributed by atoms with E-state index in [4.69, 9.17) is 9.47 Å². The second-order valence-electron chi connectivity index (χ2n) is 26.8. The van der Waals surface area contributed by atoms with Crippen molar-refractivity contribution in [2.24, 2.45) is 40.9 Å². The number of alkyl halides is 18. The van der Waals surface area contributed by atoms with E-state index in [9.17, 15) is 223 Å². The second-order valence-corrected chi connectivity index (χ2v) is 36.8. The molecule has 69 heteroatoms. The third kappa shape index (κ3) is 49.7. The highest BCUT2D eigenvalue weighted by atomic mass is 32.2. The molecule has 6 atom stereocenters. The van der Waals surface area contributed by atoms with Gasteiger partial charge in [0.05, 0.1) is 74.0 Å². The molecule has 0 spiro atoms. The SMILES string of the molecule is CCC(C)(C)C(=O)OCCCCOC(=O)C(F)(F)S(=O)(=O)[O-].CCC(C)C(=O)OCC(F)(F)C(F)(F)S(=O)(=O)[O-].CCC(C)C(=O)OCC(F)(F)S(=O)(=O)[O-].CCC(C)C(=O)OCCCCOC(=O)C(F)(F)S(=O)(=O)[O-].CCC(C)C(=O)OCCOC(=O)C(F)(F)S(=O)(=O)[O-].CCC(C)C(=O)OCCOC(F)(F)C(F)(F)S(=O)(=O)[O-].CCC(C)C(=O)OCOC(=O)C(F)(F)S(=O)(=O)[O-]. The first kappa shape index (κ1) is 138. The van der Waals surface area contributed by atoms with E-state index in [-0.39, 0.29) is 51.2 Å². The van der Waals surface area contributed by atoms with E-state index in [0.717, 1.165) is 0 Å². The van der Waals surface area contributed by atoms with E-state index < -0.39 is 280 Å². The van der Waals surface area contributed by atoms with E-state index in [1.807, 2.05) is 13.8 Å². The molecule has 0 aliphatic rings. The third-order valence-corrected chi connectivity index (χ3v) is 21.7. The highest BCUT2D eigenvalue weighted by Gasteiger charge is 2.64. The quantitative estimate of drug-likeness (QED) is 0.0160. The number of hydrogen-bond donors (Lipinski definition) is 0. The van der Waals surface area contributed by atoms with Crippen LogP contribution in [0.2, 0.25) is 0 Å². The van der Waals surface area contributed by atoms with Crippen molar-refractivity contribution < 1.29 is 279 Å². The number of unbranched alkanes of at least 4 members (excludes halogenated alkanes) is 2. The summed E-state index contributed by atoms with van der Waals surface area (Å²) >= 11 is 0. The highest BCUT2D eigenvalue weighted by molar-refractivity contribution is 7.89. The molecule has 0 rings (SSSR count). The molecule has 0 aliphatic heterocycles. The normalized spacial score (nSPS) is 14.1. The fourth-order valence-corrected chi connectivity index (χ4v) is 7.66. The monoisotopic (exact) mass is 2130 g/mol. The van der Waals surface area contributed by atoms with Crippen molar-refractivity contribution in [3.05, 3.63) is 0 Å². The van der Waals surface area contributed by atoms with Crippen LogP contribution in [0.3, 0.4) is 0 Å². The molecule has 0 aromatic heterocycles. The maximum atomic E-state index is 12.8. The standard InChI is InChI=1S/C12H20F2O7S.C11H18F2O7S.C9H14F4O6S.C9H14F2O7S.C8H12F4O5S.C8H12F2O7S.C7H12F2O5S/c1-4-11(2,3)9(15)20-7-5-6-8-21-10(16)12(13,14)22(17,18)19;1-3-8(2)9(14)19-6-4-5-7-20-10(15)11(12,13)21(16,17)18;1-3-6(2)7(14)18-4-5-19-8(10,11)9(12,13)20(15,16)17;1-3-6(2)7(12)17-4-5-18-8(13)9(10,11)19(14,15)16;1-3-5(2)6(13)17-4-7(9,10)8(11,12)18(14,15)16;1-3-5(2)6(11)16-4-17-7(12)8(9,10)18(13,14)15;1-3-5(2)6(10)14-4-7(8,9)15(11,12)13/h4-8H2,1-3H3,(H,17,18,19);8H,3-7H2,1-2H3,(H,16,17,18);6H,3-5H2,1-2H3,(H,15,16,17);6H,3-5H2,1-2H3,(H,14,15,16);5H,3-4H2,1-2H3,(H,14,15,16);5H,3-4H2,1-2H3,(H,13,14,15);5H,3-4H2,1-2H3,(H,11,12,13)/p-7. The lowest BCUT2D eigenvalue weighted by Crippen LogP contribution is -2.50. The van der Waals surface area contributed by atoms with Crippen molar-refractivity contribution in [3.8, 4) is 0 Å². The van der Waals surface area contributed by atoms with Crippen LogP contribution in [0.5, 0.6) is 0 Å². The van der Waals surface area contributed by atoms with E-state index in [0.29, 0.717) is 38.5 Å². The number of carbonyl (C=O) groups excluding carboxylic acids is 11. The third-order valence-electron chi connectivity index (χ3n) is 15.9. The Bertz CT molecular complexity index is 4560. The Balaban J connectivity index is -0.000000279. The van der Waals surface area contributed by atoms with Gasteiger partial charge in [0.2, 0.25) is 6.79 Å². The van der Waals surface area contributed by atoms with Gasteiger partial charge < -0.3 is 88.7 Å². The first-order valence-corrected chi connectivity index (χ1v) is 46.8. The zero-order chi connectivity index (χ0) is 107. The molecule has 0 radical (unpaired) electrons. The van der Waals surface area contributed by atoms with Gasteiger partial charge in [-0.15, -0.1) is 0 Å². The summed E-state index contributed by atoms with van der Waals surface area (Å²) in [5.41, 5.74) is -0.628. The van der Waals surface area contributed by atoms with Crippen LogP contribution >= 0.6 is 0 Å². The fourth-order valence-electron chi connectivity index (χ4n) is 5.63. The lowest BCUT2D eigenvalue weighted by molar-refractivity contribution is -0.320. The fraction of sp³-hybridized carbons (Fsp3) is 0.828. The molecule has 0 aliphatic carbocycles. The number of rotatable bonds is 50. The van der Waals surface area contributed by atoms with Crippen molar-refractivity contribution in [1.29, 1.82) is 0 Å². The summed E-state index contributed by atoms with van der Waals surface area (Å²) in [6, 6.07) is 0. The van der Waals surface area contributed by atoms with Crippen molar-refractivity contribution in [2.45, 2.75) is 223 Å². The van der Waals surface area contributed by atoms with E-state index in [2.05, 4.69) is 47.4 Å². The Morgan fingerprint density at radius 3 is 0.737 bits per heavy atom. The molecule has 0 fully saturated rings. The summed E-state index contributed by atoms with van der Waals surface area (Å²) in [6.07, 6.45) is -1.76. The Labute approximate surface area is 749 Å². The van der Waals surface area contributed by atoms with Crippen LogP contribution in [0, 0.1) is 40.9 Å². The van der Waals surface area contributed by atoms with Crippen molar-refractivity contribution >= 4 is 136 Å². The Hall–Kier alpha value is -7.76. The van der Waals surface area contributed by atoms with Gasteiger partial charge in [-0.1, -0.05) is 90.0 Å². The van der Waals surface area contributed by atoms with Crippen LogP contribution in [-0.4, -0.2) is 278 Å². The van der Waals surface area contributed by atoms with Gasteiger partial charge in [0.1, 0.15) is 19.8 Å². The lowest BCUT2D eigenvalue weighted by atomic mass is 9.91. The summed E-state index contributed by atoms with van der Waals surface area (Å²) in [4.78, 5) is 121. The second kappa shape index (κ2) is 58.7. The molecular formula is C64H95F18O44S7-7. The lowest BCUT2D eigenvalue weighted by Gasteiger charge is -2.28. The van der Waals surface area contributed by atoms with Crippen LogP contribution in [0.4, 0.5) is 79.0 Å². The van der Waals surface area contributed by atoms with Crippen LogP contribution in [0.15, 0.2) is 0 Å². The summed E-state index contributed by atoms with van der Waals surface area (Å²) in [5.74, 6) is -23.4. The van der Waals surface area contributed by atoms with E-state index in [1.165, 1.54) is 34.6 Å². The molecule has 0 aromatic rings. The minimum absolute atomic E-state index is 0.00998. The zero-order valence-corrected chi connectivity index (χ0v) is 77.9. The number of hydrogen-bond acceptors (Lipinski definition) is 44. The molecule has 0 N–H and O–H groups in total. The Morgan fingerprint density at radius 2 is 0.481 bits per heavy atom. The van der Waals surface area contributed by atoms with Crippen molar-refractivity contribution in [1.82, 2.24) is 0 Å². The molecule has 0 amide bonds. The maximum absolute atomic E-state index is 12.8. The smallest absolute Gasteiger partial charge is 0.433 e. The number of carbonyl (C=O) groups is 11. The van der Waals surface area contributed by atoms with Crippen LogP contribution in [-0.2, 0) is 180 Å². The predicted molar refractivity (Wildman–Crippen MR) is 393 cm³/mol. The first-order chi connectivity index (χ1) is 59.3. The van der Waals surface area contributed by atoms with Gasteiger partial charge in [0.15, 0.2) is 84.0 Å². The van der Waals surface area contributed by atoms with Gasteiger partial charge in [-0.2, -0.15) is 79.0 Å². The van der Waals surface area contributed by atoms with Gasteiger partial charge in [-0.05, 0) is 84.5 Å². The number of esters is 11. The van der Waals surface area contributed by atoms with Gasteiger partial charge in [0, 0.05) is 0 Å². The molecule has 790 valence electrons. The molecule has 0 saturated heterocycles. The van der Waals surface area contributed by atoms with Gasteiger partial charge in [-0.25, -0.2) is 78.1 Å². The highest BCUT2D eigenvalue weighted by Crippen LogP contribution is 2.40. The summed E-state index contributed by atoms with van der Waals surface area (Å²) < 4.78 is 489. The Kier molecular flexibility index (Phi) is 61.1. The van der Waals surface area contributed by atoms with Crippen molar-refractivity contribution in [2.75, 3.05) is 72.9 Å². The minimum atomic E-state index is -6.60. The minimum Gasteiger partial charge on any atom is -0.743 e. The van der Waals surface area contributed by atoms with Gasteiger partial charge in [0.25, 0.3) is 0 Å². The average molecular weight is 2130 g/mol. The Morgan fingerprint density at radius 1 is 0.263 bits per heavy atom. The molecule has 0 saturated carbocycles. The molecule has 0 heterocycles. The molecule has 0 bridgehead atoms. The topological polar surface area (TPSA) is 699 Å². The van der Waals surface area contributed by atoms with Gasteiger partial charge >= 0.3 is 114 Å². The zero-order valence-electron chi connectivity index (χ0n) is 72.1. The van der Waals surface area contributed by atoms with Crippen LogP contribution < -0.4 is 0 Å². The summed E-state index contributed by atoms with van der Waals surface area (Å²) in [7, 11) is -43.5. The molecular weight excluding hydrogens is 2040 g/mol. The molecule has 0 aromatic carbocycles. The van der Waals surface area contributed by atoms with Crippen LogP contribution in [0.1, 0.15) is 174 Å².